The minimum atomic E-state index is -0.0357. The third-order valence-corrected chi connectivity index (χ3v) is 13.7. The summed E-state index contributed by atoms with van der Waals surface area (Å²) in [7, 11) is 0. The number of hydrogen-bond donors (Lipinski definition) is 0. The van der Waals surface area contributed by atoms with E-state index in [2.05, 4.69) is 196 Å². The molecule has 1 heterocycles. The summed E-state index contributed by atoms with van der Waals surface area (Å²) < 4.78 is 2.69. The lowest BCUT2D eigenvalue weighted by atomic mass is 9.82. The number of thiophene rings is 1. The van der Waals surface area contributed by atoms with Gasteiger partial charge in [0, 0.05) is 25.6 Å². The van der Waals surface area contributed by atoms with Gasteiger partial charge in [-0.15, -0.1) is 11.3 Å². The Morgan fingerprint density at radius 3 is 1.68 bits per heavy atom. The first kappa shape index (κ1) is 31.8. The van der Waals surface area contributed by atoms with Gasteiger partial charge in [0.25, 0.3) is 0 Å². The minimum Gasteiger partial charge on any atom is -0.135 e. The molecule has 1 aliphatic carbocycles. The summed E-state index contributed by atoms with van der Waals surface area (Å²) in [6.07, 6.45) is 0. The minimum absolute atomic E-state index is 0.0357. The Bertz CT molecular complexity index is 3390. The Hall–Kier alpha value is -6.54. The van der Waals surface area contributed by atoms with Crippen LogP contribution in [0.1, 0.15) is 25.0 Å². The molecule has 0 saturated heterocycles. The van der Waals surface area contributed by atoms with Crippen LogP contribution < -0.4 is 0 Å². The lowest BCUT2D eigenvalue weighted by molar-refractivity contribution is 0.661. The lowest BCUT2D eigenvalue weighted by Crippen LogP contribution is -2.14. The summed E-state index contributed by atoms with van der Waals surface area (Å²) in [4.78, 5) is 0. The van der Waals surface area contributed by atoms with E-state index in [0.29, 0.717) is 0 Å². The first-order valence-electron chi connectivity index (χ1n) is 19.6. The predicted molar refractivity (Wildman–Crippen MR) is 243 cm³/mol. The zero-order chi connectivity index (χ0) is 37.1. The van der Waals surface area contributed by atoms with Crippen molar-refractivity contribution in [3.05, 3.63) is 193 Å². The van der Waals surface area contributed by atoms with Gasteiger partial charge in [0.2, 0.25) is 0 Å². The summed E-state index contributed by atoms with van der Waals surface area (Å²) >= 11 is 1.93. The second-order valence-corrected chi connectivity index (χ2v) is 17.0. The van der Waals surface area contributed by atoms with Crippen molar-refractivity contribution in [1.82, 2.24) is 0 Å². The highest BCUT2D eigenvalue weighted by atomic mass is 32.1. The molecule has 1 aromatic heterocycles. The molecule has 1 heteroatoms. The van der Waals surface area contributed by atoms with Gasteiger partial charge in [0.1, 0.15) is 0 Å². The largest absolute Gasteiger partial charge is 0.135 e. The fourth-order valence-corrected chi connectivity index (χ4v) is 11.3. The van der Waals surface area contributed by atoms with Gasteiger partial charge in [0.05, 0.1) is 0 Å². The number of benzene rings is 10. The van der Waals surface area contributed by atoms with Gasteiger partial charge in [-0.3, -0.25) is 0 Å². The third-order valence-electron chi connectivity index (χ3n) is 12.6. The van der Waals surface area contributed by atoms with Crippen LogP contribution in [0.4, 0.5) is 0 Å². The second-order valence-electron chi connectivity index (χ2n) is 15.9. The summed E-state index contributed by atoms with van der Waals surface area (Å²) in [5.41, 5.74) is 13.2. The van der Waals surface area contributed by atoms with Crippen molar-refractivity contribution in [2.24, 2.45) is 0 Å². The van der Waals surface area contributed by atoms with E-state index in [4.69, 9.17) is 0 Å². The maximum Gasteiger partial charge on any atom is 0.0368 e. The predicted octanol–water partition coefficient (Wildman–Crippen LogP) is 16.0. The molecule has 0 bridgehead atoms. The van der Waals surface area contributed by atoms with Gasteiger partial charge in [-0.1, -0.05) is 178 Å². The van der Waals surface area contributed by atoms with E-state index < -0.39 is 0 Å². The second kappa shape index (κ2) is 11.7. The summed E-state index contributed by atoms with van der Waals surface area (Å²) in [5.74, 6) is 0. The highest BCUT2D eigenvalue weighted by molar-refractivity contribution is 7.26. The zero-order valence-corrected chi connectivity index (χ0v) is 32.0. The summed E-state index contributed by atoms with van der Waals surface area (Å²) in [6, 6.07) is 68.1. The molecule has 0 aliphatic heterocycles. The van der Waals surface area contributed by atoms with Gasteiger partial charge in [0.15, 0.2) is 0 Å². The maximum absolute atomic E-state index is 2.47. The molecule has 0 atom stereocenters. The van der Waals surface area contributed by atoms with Crippen LogP contribution in [0.25, 0.3) is 108 Å². The Morgan fingerprint density at radius 1 is 0.339 bits per heavy atom. The van der Waals surface area contributed by atoms with Crippen LogP contribution in [-0.4, -0.2) is 0 Å². The molecule has 0 saturated carbocycles. The van der Waals surface area contributed by atoms with Crippen molar-refractivity contribution in [1.29, 1.82) is 0 Å². The molecule has 0 nitrogen and oxygen atoms in total. The topological polar surface area (TPSA) is 0 Å². The SMILES string of the molecule is CC1(C)c2ccccc2-c2c1ccc1sc3cc(-c4cccc(-c5c6ccccc6c(-c6cccc7ccccc67)c6ccccc56)c4)c4ccccc4c3c21. The summed E-state index contributed by atoms with van der Waals surface area (Å²) in [6.45, 7) is 4.76. The van der Waals surface area contributed by atoms with Gasteiger partial charge in [-0.05, 0) is 117 Å². The van der Waals surface area contributed by atoms with Crippen LogP contribution in [0.15, 0.2) is 182 Å². The van der Waals surface area contributed by atoms with E-state index in [1.54, 1.807) is 0 Å². The quantitative estimate of drug-likeness (QED) is 0.159. The van der Waals surface area contributed by atoms with E-state index in [9.17, 15) is 0 Å². The highest BCUT2D eigenvalue weighted by Crippen LogP contribution is 2.55. The molecule has 10 aromatic carbocycles. The molecule has 0 unspecified atom stereocenters. The van der Waals surface area contributed by atoms with Crippen molar-refractivity contribution in [2.75, 3.05) is 0 Å². The molecule has 1 aliphatic rings. The fourth-order valence-electron chi connectivity index (χ4n) is 10.2. The van der Waals surface area contributed by atoms with Gasteiger partial charge in [-0.25, -0.2) is 0 Å². The molecule has 262 valence electrons. The molecular weight excluding hydrogens is 693 g/mol. The maximum atomic E-state index is 2.47. The zero-order valence-electron chi connectivity index (χ0n) is 31.2. The van der Waals surface area contributed by atoms with E-state index in [0.717, 1.165) is 0 Å². The van der Waals surface area contributed by atoms with Crippen molar-refractivity contribution in [3.63, 3.8) is 0 Å². The van der Waals surface area contributed by atoms with Crippen molar-refractivity contribution in [2.45, 2.75) is 19.3 Å². The Kier molecular flexibility index (Phi) is 6.66. The Balaban J connectivity index is 1.11. The first-order chi connectivity index (χ1) is 27.6. The van der Waals surface area contributed by atoms with Crippen molar-refractivity contribution in [3.8, 4) is 44.5 Å². The van der Waals surface area contributed by atoms with E-state index >= 15 is 0 Å². The number of rotatable bonds is 3. The smallest absolute Gasteiger partial charge is 0.0368 e. The van der Waals surface area contributed by atoms with Crippen LogP contribution >= 0.6 is 11.3 Å². The van der Waals surface area contributed by atoms with Gasteiger partial charge in [-0.2, -0.15) is 0 Å². The number of hydrogen-bond acceptors (Lipinski definition) is 1. The molecule has 0 fully saturated rings. The van der Waals surface area contributed by atoms with Crippen LogP contribution in [-0.2, 0) is 5.41 Å². The molecule has 0 radical (unpaired) electrons. The van der Waals surface area contributed by atoms with E-state index in [1.165, 1.54) is 119 Å². The van der Waals surface area contributed by atoms with Crippen LogP contribution in [0.3, 0.4) is 0 Å². The molecule has 0 spiro atoms. The average Bonchev–Trinajstić information content (AvgIpc) is 3.74. The van der Waals surface area contributed by atoms with Crippen molar-refractivity contribution < 1.29 is 0 Å². The van der Waals surface area contributed by atoms with E-state index in [1.807, 2.05) is 11.3 Å². The van der Waals surface area contributed by atoms with Crippen LogP contribution in [0.2, 0.25) is 0 Å². The lowest BCUT2D eigenvalue weighted by Gasteiger charge is -2.21. The highest BCUT2D eigenvalue weighted by Gasteiger charge is 2.37. The Morgan fingerprint density at radius 2 is 0.911 bits per heavy atom. The molecule has 56 heavy (non-hydrogen) atoms. The van der Waals surface area contributed by atoms with Crippen LogP contribution in [0, 0.1) is 0 Å². The molecule has 12 rings (SSSR count). The third kappa shape index (κ3) is 4.35. The standard InChI is InChI=1S/C55H36S/c1-55(2)46-28-12-11-26-44(46)52-47(55)29-30-48-54(52)53-39-21-6-5-20-37(39)45(32-49(53)56-48)34-17-13-18-35(31-34)50-40-22-7-9-24-42(40)51(43-25-10-8-23-41(43)50)38-27-14-16-33-15-3-4-19-36(33)38/h3-32H,1-2H3. The monoisotopic (exact) mass is 728 g/mol. The number of fused-ring (bicyclic) bond motifs is 12. The molecule has 0 amide bonds. The first-order valence-corrected chi connectivity index (χ1v) is 20.4. The fraction of sp³-hybridized carbons (Fsp3) is 0.0545. The van der Waals surface area contributed by atoms with Crippen LogP contribution in [0.5, 0.6) is 0 Å². The average molecular weight is 729 g/mol. The van der Waals surface area contributed by atoms with Gasteiger partial charge >= 0.3 is 0 Å². The van der Waals surface area contributed by atoms with Crippen molar-refractivity contribution >= 4 is 74.6 Å². The Labute approximate surface area is 329 Å². The molecule has 0 N–H and O–H groups in total. The normalized spacial score (nSPS) is 13.3. The molecular formula is C55H36S. The molecule has 11 aromatic rings. The van der Waals surface area contributed by atoms with E-state index in [-0.39, 0.29) is 5.41 Å². The summed E-state index contributed by atoms with van der Waals surface area (Å²) in [5, 5.41) is 13.0. The van der Waals surface area contributed by atoms with Gasteiger partial charge < -0.3 is 0 Å².